The number of fused-ring (bicyclic) bond motifs is 2. The first-order chi connectivity index (χ1) is 38.7. The van der Waals surface area contributed by atoms with Crippen LogP contribution in [0.1, 0.15) is 73.1 Å². The Morgan fingerprint density at radius 2 is 1.73 bits per heavy atom. The second-order valence-electron chi connectivity index (χ2n) is 22.2. The molecule has 4 aliphatic rings. The van der Waals surface area contributed by atoms with Gasteiger partial charge in [-0.15, -0.1) is 0 Å². The van der Waals surface area contributed by atoms with Crippen molar-refractivity contribution in [3.63, 3.8) is 0 Å². The molecule has 5 heterocycles. The minimum absolute atomic E-state index is 0.0124. The molecule has 9 rings (SSSR count). The van der Waals surface area contributed by atoms with Crippen LogP contribution in [-0.4, -0.2) is 150 Å². The van der Waals surface area contributed by atoms with E-state index in [9.17, 15) is 20.1 Å². The van der Waals surface area contributed by atoms with Crippen molar-refractivity contribution in [1.29, 1.82) is 10.5 Å². The van der Waals surface area contributed by atoms with Crippen LogP contribution in [-0.2, 0) is 32.0 Å². The van der Waals surface area contributed by atoms with Gasteiger partial charge < -0.3 is 54.8 Å². The van der Waals surface area contributed by atoms with E-state index in [1.807, 2.05) is 20.8 Å². The van der Waals surface area contributed by atoms with Crippen LogP contribution in [0.3, 0.4) is 0 Å². The van der Waals surface area contributed by atoms with Gasteiger partial charge in [-0.1, -0.05) is 80.9 Å². The predicted octanol–water partition coefficient (Wildman–Crippen LogP) is 7.26. The number of amides is 2. The van der Waals surface area contributed by atoms with E-state index in [-0.39, 0.29) is 65.0 Å². The van der Waals surface area contributed by atoms with Gasteiger partial charge >= 0.3 is 6.01 Å². The summed E-state index contributed by atoms with van der Waals surface area (Å²) in [5, 5.41) is 34.7. The van der Waals surface area contributed by atoms with E-state index in [4.69, 9.17) is 45.3 Å². The molecule has 2 amide bonds. The third-order valence-corrected chi connectivity index (χ3v) is 15.8. The van der Waals surface area contributed by atoms with Crippen molar-refractivity contribution in [3.05, 3.63) is 112 Å². The lowest BCUT2D eigenvalue weighted by atomic mass is 9.77. The molecule has 4 aromatic carbocycles. The zero-order valence-electron chi connectivity index (χ0n) is 46.3. The molecule has 18 nitrogen and oxygen atoms in total. The van der Waals surface area contributed by atoms with E-state index >= 15 is 4.39 Å². The summed E-state index contributed by atoms with van der Waals surface area (Å²) in [6, 6.07) is 28.1. The number of carbonyl (C=O) groups excluding carboxylic acids is 2. The van der Waals surface area contributed by atoms with Crippen LogP contribution in [0.5, 0.6) is 11.8 Å². The van der Waals surface area contributed by atoms with Gasteiger partial charge in [0.25, 0.3) is 5.91 Å². The molecule has 0 unspecified atom stereocenters. The fourth-order valence-electron chi connectivity index (χ4n) is 11.6. The lowest BCUT2D eigenvalue weighted by Gasteiger charge is -2.37. The standard InChI is InChI=1S/C60H73ClFN11O7/c1-60(2,3)32-49-46(33-64)53(45-13-9-14-47(61)54(45)62)55(67-49)58(75)68-48-17-16-39(30-52(48)76-5)57(74)66-22-25-77-26-27-78-28-29-79-42-31-41(71(4)35-42)37-80-59-69-50-36-72(51-15-8-11-38-10-6-7-12-43(38)51)23-19-44(50)56(70-59)73-24-21-65-40(34-73)18-20-63/h6-17,30,40-42,46,49,53,55,65,67H,18-19,21-29,31-32,34-37H2,1-5H3,(H,66,74)(H,68,75)/t40-,41-,42+,46+,49-,53+,55+/m0/s1. The number of nitrogens with one attached hydrogen (secondary N) is 4. The summed E-state index contributed by atoms with van der Waals surface area (Å²) in [7, 11) is 3.51. The molecule has 424 valence electrons. The van der Waals surface area contributed by atoms with Crippen molar-refractivity contribution in [2.24, 2.45) is 11.3 Å². The Kier molecular flexibility index (Phi) is 19.4. The number of nitriles is 2. The highest BCUT2D eigenvalue weighted by Crippen LogP contribution is 2.43. The first-order valence-electron chi connectivity index (χ1n) is 27.7. The number of rotatable bonds is 22. The molecule has 3 saturated heterocycles. The predicted molar refractivity (Wildman–Crippen MR) is 305 cm³/mol. The molecule has 7 atom stereocenters. The zero-order valence-corrected chi connectivity index (χ0v) is 47.1. The summed E-state index contributed by atoms with van der Waals surface area (Å²) in [5.74, 6) is -1.87. The molecule has 0 bridgehead atoms. The number of carbonyl (C=O) groups is 2. The van der Waals surface area contributed by atoms with Gasteiger partial charge in [0, 0.05) is 85.5 Å². The number of piperazine rings is 1. The molecule has 4 N–H and O–H groups in total. The minimum Gasteiger partial charge on any atom is -0.495 e. The Morgan fingerprint density at radius 3 is 2.52 bits per heavy atom. The van der Waals surface area contributed by atoms with Crippen molar-refractivity contribution < 1.29 is 37.7 Å². The quantitative estimate of drug-likeness (QED) is 0.0503. The van der Waals surface area contributed by atoms with Gasteiger partial charge in [0.15, 0.2) is 0 Å². The number of hydrogen-bond acceptors (Lipinski definition) is 16. The Balaban J connectivity index is 0.694. The van der Waals surface area contributed by atoms with Crippen LogP contribution in [0.4, 0.5) is 21.6 Å². The number of methoxy groups -OCH3 is 1. The van der Waals surface area contributed by atoms with E-state index in [1.54, 1.807) is 24.3 Å². The summed E-state index contributed by atoms with van der Waals surface area (Å²) >= 11 is 6.17. The highest BCUT2D eigenvalue weighted by atomic mass is 35.5. The molecule has 0 aliphatic carbocycles. The van der Waals surface area contributed by atoms with Crippen molar-refractivity contribution in [2.75, 3.05) is 108 Å². The fraction of sp³-hybridized carbons (Fsp3) is 0.500. The van der Waals surface area contributed by atoms with Gasteiger partial charge in [0.2, 0.25) is 5.91 Å². The van der Waals surface area contributed by atoms with Gasteiger partial charge in [0.1, 0.15) is 24.0 Å². The molecule has 4 aliphatic heterocycles. The zero-order chi connectivity index (χ0) is 56.3. The van der Waals surface area contributed by atoms with E-state index < -0.39 is 29.6 Å². The van der Waals surface area contributed by atoms with Crippen molar-refractivity contribution >= 4 is 51.4 Å². The van der Waals surface area contributed by atoms with Gasteiger partial charge in [-0.3, -0.25) is 14.5 Å². The van der Waals surface area contributed by atoms with Gasteiger partial charge in [0.05, 0.1) is 99.7 Å². The topological polar surface area (TPSA) is 211 Å². The molecular formula is C60H73ClFN11O7. The number of likely N-dealkylation sites (N-methyl/N-ethyl adjacent to an activating group) is 1. The maximum atomic E-state index is 15.5. The number of hydrogen-bond donors (Lipinski definition) is 4. The second-order valence-corrected chi connectivity index (χ2v) is 22.6. The number of aromatic nitrogens is 2. The molecule has 1 aromatic heterocycles. The Bertz CT molecular complexity index is 3060. The highest BCUT2D eigenvalue weighted by molar-refractivity contribution is 6.30. The van der Waals surface area contributed by atoms with Crippen molar-refractivity contribution in [2.45, 2.75) is 89.2 Å². The summed E-state index contributed by atoms with van der Waals surface area (Å²) in [6.45, 7) is 13.1. The van der Waals surface area contributed by atoms with E-state index in [0.717, 1.165) is 56.1 Å². The summed E-state index contributed by atoms with van der Waals surface area (Å²) in [5.41, 5.74) is 3.93. The SMILES string of the molecule is COc1cc(C(=O)NCCOCCOCCO[C@@H]2C[C@@H](COc3nc4c(c(N5CCN[C@@H](CC#N)C5)n3)CCN(c3cccc5ccccc35)C4)N(C)C2)ccc1NC(=O)[C@@H]1N[C@@H](CC(C)(C)C)[C@@H](C#N)[C@H]1c1cccc(Cl)c1F. The molecule has 20 heteroatoms. The van der Waals surface area contributed by atoms with Gasteiger partial charge in [-0.05, 0) is 73.0 Å². The largest absolute Gasteiger partial charge is 0.495 e. The summed E-state index contributed by atoms with van der Waals surface area (Å²) in [4.78, 5) is 44.2. The highest BCUT2D eigenvalue weighted by Gasteiger charge is 2.49. The number of halogens is 2. The molecule has 0 spiro atoms. The molecule has 3 fully saturated rings. The monoisotopic (exact) mass is 1110 g/mol. The van der Waals surface area contributed by atoms with Crippen LogP contribution in [0.25, 0.3) is 10.8 Å². The second kappa shape index (κ2) is 26.7. The van der Waals surface area contributed by atoms with Crippen molar-refractivity contribution in [1.82, 2.24) is 30.8 Å². The smallest absolute Gasteiger partial charge is 0.318 e. The lowest BCUT2D eigenvalue weighted by Crippen LogP contribution is -2.51. The fourth-order valence-corrected chi connectivity index (χ4v) is 11.7. The Hall–Kier alpha value is -6.68. The summed E-state index contributed by atoms with van der Waals surface area (Å²) < 4.78 is 45.3. The van der Waals surface area contributed by atoms with Crippen molar-refractivity contribution in [3.8, 4) is 23.9 Å². The molecular weight excluding hydrogens is 1040 g/mol. The third-order valence-electron chi connectivity index (χ3n) is 15.5. The maximum Gasteiger partial charge on any atom is 0.318 e. The molecule has 5 aromatic rings. The number of ether oxygens (including phenoxy) is 5. The number of likely N-dealkylation sites (tertiary alicyclic amines) is 1. The first-order valence-corrected chi connectivity index (χ1v) is 28.0. The summed E-state index contributed by atoms with van der Waals surface area (Å²) in [6.07, 6.45) is 2.60. The van der Waals surface area contributed by atoms with E-state index in [0.29, 0.717) is 76.2 Å². The average molecular weight is 1110 g/mol. The van der Waals surface area contributed by atoms with Gasteiger partial charge in [-0.2, -0.15) is 20.5 Å². The number of nitrogens with zero attached hydrogens (tertiary/aromatic N) is 7. The van der Waals surface area contributed by atoms with E-state index in [1.165, 1.54) is 35.7 Å². The van der Waals surface area contributed by atoms with Crippen LogP contribution >= 0.6 is 11.6 Å². The van der Waals surface area contributed by atoms with Crippen LogP contribution in [0.15, 0.2) is 78.9 Å². The Morgan fingerprint density at radius 1 is 0.938 bits per heavy atom. The molecule has 0 radical (unpaired) electrons. The maximum absolute atomic E-state index is 15.5. The third kappa shape index (κ3) is 14.1. The number of benzene rings is 4. The van der Waals surface area contributed by atoms with Gasteiger partial charge in [-0.25, -0.2) is 4.39 Å². The van der Waals surface area contributed by atoms with E-state index in [2.05, 4.69) is 97.6 Å². The van der Waals surface area contributed by atoms with Crippen LogP contribution < -0.4 is 40.5 Å². The Labute approximate surface area is 473 Å². The number of anilines is 3. The normalized spacial score (nSPS) is 22.1. The van der Waals surface area contributed by atoms with Crippen LogP contribution in [0.2, 0.25) is 5.02 Å². The minimum atomic E-state index is -0.962. The molecule has 80 heavy (non-hydrogen) atoms. The van der Waals surface area contributed by atoms with Crippen LogP contribution in [0, 0.1) is 39.8 Å². The first kappa shape index (κ1) is 58.0. The molecule has 0 saturated carbocycles. The average Bonchev–Trinajstić information content (AvgIpc) is 4.10. The lowest BCUT2D eigenvalue weighted by molar-refractivity contribution is -0.118.